The number of hydrogen-bond acceptors (Lipinski definition) is 4. The standard InChI is InChI=1S/C19H21ClN2O4S/c1-12-4-7-17-16(10-12)22(27(3,24)25)9-8-18(26-17)19(23)21-15-11-14(20)6-5-13(15)2/h4-7,10-11,18H,8-9H2,1-3H3,(H,21,23). The number of aryl methyl sites for hydroxylation is 2. The number of nitrogens with one attached hydrogen (secondary N) is 1. The van der Waals surface area contributed by atoms with Crippen LogP contribution in [0.4, 0.5) is 11.4 Å². The lowest BCUT2D eigenvalue weighted by Crippen LogP contribution is -2.36. The van der Waals surface area contributed by atoms with E-state index in [9.17, 15) is 13.2 Å². The van der Waals surface area contributed by atoms with Gasteiger partial charge in [-0.25, -0.2) is 8.42 Å². The van der Waals surface area contributed by atoms with Crippen LogP contribution in [-0.2, 0) is 14.8 Å². The molecule has 1 unspecified atom stereocenters. The second kappa shape index (κ2) is 7.40. The van der Waals surface area contributed by atoms with Crippen molar-refractivity contribution in [3.8, 4) is 5.75 Å². The first-order chi connectivity index (χ1) is 12.6. The summed E-state index contributed by atoms with van der Waals surface area (Å²) in [5, 5.41) is 3.34. The number of ether oxygens (including phenoxy) is 1. The van der Waals surface area contributed by atoms with Crippen molar-refractivity contribution >= 4 is 38.9 Å². The van der Waals surface area contributed by atoms with Crippen molar-refractivity contribution in [2.24, 2.45) is 0 Å². The minimum atomic E-state index is -3.50. The lowest BCUT2D eigenvalue weighted by atomic mass is 10.2. The predicted molar refractivity (Wildman–Crippen MR) is 107 cm³/mol. The predicted octanol–water partition coefficient (Wildman–Crippen LogP) is 3.51. The van der Waals surface area contributed by atoms with Crippen LogP contribution in [0.2, 0.25) is 5.02 Å². The number of rotatable bonds is 3. The van der Waals surface area contributed by atoms with Crippen molar-refractivity contribution in [2.75, 3.05) is 22.4 Å². The molecule has 1 aliphatic rings. The Bertz CT molecular complexity index is 991. The van der Waals surface area contributed by atoms with Crippen LogP contribution in [0.15, 0.2) is 36.4 Å². The zero-order chi connectivity index (χ0) is 19.8. The van der Waals surface area contributed by atoms with Gasteiger partial charge in [-0.15, -0.1) is 0 Å². The van der Waals surface area contributed by atoms with Crippen LogP contribution >= 0.6 is 11.6 Å². The fourth-order valence-electron chi connectivity index (χ4n) is 2.96. The molecule has 1 amide bonds. The van der Waals surface area contributed by atoms with E-state index in [1.807, 2.05) is 26.0 Å². The lowest BCUT2D eigenvalue weighted by Gasteiger charge is -2.21. The van der Waals surface area contributed by atoms with Gasteiger partial charge in [-0.1, -0.05) is 23.7 Å². The average Bonchev–Trinajstić information content (AvgIpc) is 2.77. The quantitative estimate of drug-likeness (QED) is 0.843. The van der Waals surface area contributed by atoms with Gasteiger partial charge in [-0.2, -0.15) is 0 Å². The summed E-state index contributed by atoms with van der Waals surface area (Å²) in [6.45, 7) is 3.89. The Labute approximate surface area is 164 Å². The number of halogens is 1. The number of nitrogens with zero attached hydrogens (tertiary/aromatic N) is 1. The summed E-state index contributed by atoms with van der Waals surface area (Å²) in [5.41, 5.74) is 2.83. The Kier molecular flexibility index (Phi) is 5.35. The van der Waals surface area contributed by atoms with E-state index in [1.165, 1.54) is 4.31 Å². The number of anilines is 2. The van der Waals surface area contributed by atoms with Gasteiger partial charge >= 0.3 is 0 Å². The molecule has 3 rings (SSSR count). The molecule has 1 atom stereocenters. The Balaban J connectivity index is 1.90. The molecule has 1 heterocycles. The molecule has 2 aromatic rings. The normalized spacial score (nSPS) is 16.9. The molecule has 0 spiro atoms. The maximum atomic E-state index is 12.8. The van der Waals surface area contributed by atoms with E-state index in [-0.39, 0.29) is 18.9 Å². The monoisotopic (exact) mass is 408 g/mol. The van der Waals surface area contributed by atoms with E-state index in [2.05, 4.69) is 5.32 Å². The minimum Gasteiger partial charge on any atom is -0.478 e. The van der Waals surface area contributed by atoms with Crippen molar-refractivity contribution in [2.45, 2.75) is 26.4 Å². The van der Waals surface area contributed by atoms with Crippen LogP contribution in [-0.4, -0.2) is 33.2 Å². The Morgan fingerprint density at radius 1 is 1.22 bits per heavy atom. The van der Waals surface area contributed by atoms with Crippen molar-refractivity contribution in [1.82, 2.24) is 0 Å². The number of fused-ring (bicyclic) bond motifs is 1. The highest BCUT2D eigenvalue weighted by Crippen LogP contribution is 2.35. The molecule has 8 heteroatoms. The number of benzene rings is 2. The Hall–Kier alpha value is -2.25. The van der Waals surface area contributed by atoms with Gasteiger partial charge in [0.15, 0.2) is 6.10 Å². The topological polar surface area (TPSA) is 75.7 Å². The summed E-state index contributed by atoms with van der Waals surface area (Å²) in [6, 6.07) is 10.5. The molecule has 144 valence electrons. The molecular weight excluding hydrogens is 388 g/mol. The maximum Gasteiger partial charge on any atom is 0.265 e. The summed E-state index contributed by atoms with van der Waals surface area (Å²) in [6.07, 6.45) is 0.553. The highest BCUT2D eigenvalue weighted by molar-refractivity contribution is 7.92. The Morgan fingerprint density at radius 3 is 2.67 bits per heavy atom. The highest BCUT2D eigenvalue weighted by Gasteiger charge is 2.31. The van der Waals surface area contributed by atoms with Gasteiger partial charge in [0.25, 0.3) is 5.91 Å². The molecule has 0 saturated carbocycles. The van der Waals surface area contributed by atoms with Crippen LogP contribution in [0.5, 0.6) is 5.75 Å². The molecule has 0 radical (unpaired) electrons. The third-order valence-corrected chi connectivity index (χ3v) is 5.81. The number of hydrogen-bond donors (Lipinski definition) is 1. The molecule has 0 aromatic heterocycles. The van der Waals surface area contributed by atoms with Crippen LogP contribution in [0.1, 0.15) is 17.5 Å². The van der Waals surface area contributed by atoms with Crippen LogP contribution in [0, 0.1) is 13.8 Å². The molecule has 0 aliphatic carbocycles. The molecular formula is C19H21ClN2O4S. The van der Waals surface area contributed by atoms with Crippen LogP contribution in [0.25, 0.3) is 0 Å². The molecule has 2 aromatic carbocycles. The summed E-state index contributed by atoms with van der Waals surface area (Å²) >= 11 is 6.01. The summed E-state index contributed by atoms with van der Waals surface area (Å²) in [4.78, 5) is 12.8. The van der Waals surface area contributed by atoms with E-state index in [0.29, 0.717) is 22.1 Å². The van der Waals surface area contributed by atoms with E-state index >= 15 is 0 Å². The SMILES string of the molecule is Cc1ccc2c(c1)N(S(C)(=O)=O)CCC(C(=O)Nc1cc(Cl)ccc1C)O2. The number of carbonyl (C=O) groups is 1. The zero-order valence-electron chi connectivity index (χ0n) is 15.3. The second-order valence-electron chi connectivity index (χ2n) is 6.65. The smallest absolute Gasteiger partial charge is 0.265 e. The summed E-state index contributed by atoms with van der Waals surface area (Å²) in [5.74, 6) is 0.0220. The molecule has 0 saturated heterocycles. The van der Waals surface area contributed by atoms with E-state index in [4.69, 9.17) is 16.3 Å². The van der Waals surface area contributed by atoms with Gasteiger partial charge in [0.05, 0.1) is 11.9 Å². The molecule has 27 heavy (non-hydrogen) atoms. The third-order valence-electron chi connectivity index (χ3n) is 4.40. The first-order valence-electron chi connectivity index (χ1n) is 8.47. The largest absolute Gasteiger partial charge is 0.478 e. The third kappa shape index (κ3) is 4.36. The molecule has 0 fully saturated rings. The Morgan fingerprint density at radius 2 is 1.96 bits per heavy atom. The van der Waals surface area contributed by atoms with Crippen molar-refractivity contribution < 1.29 is 17.9 Å². The maximum absolute atomic E-state index is 12.8. The summed E-state index contributed by atoms with van der Waals surface area (Å²) in [7, 11) is -3.50. The lowest BCUT2D eigenvalue weighted by molar-refractivity contribution is -0.122. The van der Waals surface area contributed by atoms with E-state index in [0.717, 1.165) is 17.4 Å². The zero-order valence-corrected chi connectivity index (χ0v) is 16.9. The van der Waals surface area contributed by atoms with Gasteiger partial charge in [0, 0.05) is 23.7 Å². The fourth-order valence-corrected chi connectivity index (χ4v) is 4.07. The fraction of sp³-hybridized carbons (Fsp3) is 0.316. The van der Waals surface area contributed by atoms with Gasteiger partial charge in [0.2, 0.25) is 10.0 Å². The van der Waals surface area contributed by atoms with Gasteiger partial charge < -0.3 is 10.1 Å². The number of carbonyl (C=O) groups excluding carboxylic acids is 1. The van der Waals surface area contributed by atoms with E-state index in [1.54, 1.807) is 24.3 Å². The second-order valence-corrected chi connectivity index (χ2v) is 8.99. The first kappa shape index (κ1) is 19.5. The number of amides is 1. The molecule has 1 aliphatic heterocycles. The van der Waals surface area contributed by atoms with Crippen molar-refractivity contribution in [3.05, 3.63) is 52.5 Å². The number of sulfonamides is 1. The van der Waals surface area contributed by atoms with Crippen molar-refractivity contribution in [1.29, 1.82) is 0 Å². The van der Waals surface area contributed by atoms with Gasteiger partial charge in [0.1, 0.15) is 5.75 Å². The average molecular weight is 409 g/mol. The van der Waals surface area contributed by atoms with Crippen LogP contribution < -0.4 is 14.4 Å². The molecule has 1 N–H and O–H groups in total. The molecule has 6 nitrogen and oxygen atoms in total. The van der Waals surface area contributed by atoms with Crippen molar-refractivity contribution in [3.63, 3.8) is 0 Å². The van der Waals surface area contributed by atoms with E-state index < -0.39 is 16.1 Å². The van der Waals surface area contributed by atoms with Gasteiger partial charge in [-0.3, -0.25) is 9.10 Å². The highest BCUT2D eigenvalue weighted by atomic mass is 35.5. The minimum absolute atomic E-state index is 0.155. The summed E-state index contributed by atoms with van der Waals surface area (Å²) < 4.78 is 31.6. The molecule has 0 bridgehead atoms. The van der Waals surface area contributed by atoms with Crippen LogP contribution in [0.3, 0.4) is 0 Å². The first-order valence-corrected chi connectivity index (χ1v) is 10.7. The van der Waals surface area contributed by atoms with Gasteiger partial charge in [-0.05, 0) is 49.2 Å².